The molecule has 1 aromatic heterocycles. The molecule has 1 atom stereocenters. The van der Waals surface area contributed by atoms with Gasteiger partial charge in [-0.25, -0.2) is 4.79 Å². The van der Waals surface area contributed by atoms with Crippen LogP contribution in [0.2, 0.25) is 0 Å². The highest BCUT2D eigenvalue weighted by atomic mass is 32.1. The van der Waals surface area contributed by atoms with Gasteiger partial charge < -0.3 is 15.7 Å². The molecule has 1 heterocycles. The van der Waals surface area contributed by atoms with Crippen molar-refractivity contribution < 1.29 is 9.90 Å². The fraction of sp³-hybridized carbons (Fsp3) is 0.389. The van der Waals surface area contributed by atoms with Gasteiger partial charge in [0.25, 0.3) is 0 Å². The van der Waals surface area contributed by atoms with Crippen LogP contribution in [0.15, 0.2) is 47.8 Å². The lowest BCUT2D eigenvalue weighted by Gasteiger charge is -2.23. The number of urea groups is 1. The van der Waals surface area contributed by atoms with Gasteiger partial charge in [-0.3, -0.25) is 0 Å². The van der Waals surface area contributed by atoms with E-state index in [0.29, 0.717) is 19.5 Å². The van der Waals surface area contributed by atoms with Crippen molar-refractivity contribution in [2.45, 2.75) is 31.8 Å². The summed E-state index contributed by atoms with van der Waals surface area (Å²) in [5.74, 6) is 0. The minimum Gasteiger partial charge on any atom is -0.388 e. The van der Waals surface area contributed by atoms with E-state index in [-0.39, 0.29) is 11.4 Å². The van der Waals surface area contributed by atoms with Crippen LogP contribution in [0.1, 0.15) is 36.8 Å². The molecule has 124 valence electrons. The van der Waals surface area contributed by atoms with Gasteiger partial charge in [-0.05, 0) is 23.4 Å². The summed E-state index contributed by atoms with van der Waals surface area (Å²) in [6.45, 7) is 5.22. The minimum absolute atomic E-state index is 0.0882. The Morgan fingerprint density at radius 3 is 2.57 bits per heavy atom. The maximum Gasteiger partial charge on any atom is 0.314 e. The summed E-state index contributed by atoms with van der Waals surface area (Å²) >= 11 is 1.70. The van der Waals surface area contributed by atoms with Gasteiger partial charge in [0.1, 0.15) is 0 Å². The summed E-state index contributed by atoms with van der Waals surface area (Å²) in [6, 6.07) is 13.4. The molecule has 1 unspecified atom stereocenters. The summed E-state index contributed by atoms with van der Waals surface area (Å²) in [7, 11) is 0. The smallest absolute Gasteiger partial charge is 0.314 e. The van der Waals surface area contributed by atoms with Gasteiger partial charge in [0.05, 0.1) is 6.10 Å². The third-order valence-corrected chi connectivity index (χ3v) is 5.00. The van der Waals surface area contributed by atoms with Crippen LogP contribution in [0.25, 0.3) is 0 Å². The van der Waals surface area contributed by atoms with Crippen LogP contribution in [0.5, 0.6) is 0 Å². The molecule has 5 heteroatoms. The first-order valence-electron chi connectivity index (χ1n) is 7.78. The number of benzene rings is 1. The minimum atomic E-state index is -0.556. The largest absolute Gasteiger partial charge is 0.388 e. The highest BCUT2D eigenvalue weighted by Gasteiger charge is 2.22. The van der Waals surface area contributed by atoms with Crippen molar-refractivity contribution in [3.63, 3.8) is 0 Å². The zero-order valence-corrected chi connectivity index (χ0v) is 14.4. The highest BCUT2D eigenvalue weighted by Crippen LogP contribution is 2.26. The second-order valence-corrected chi connectivity index (χ2v) is 7.13. The summed E-state index contributed by atoms with van der Waals surface area (Å²) in [5, 5.41) is 17.8. The summed E-state index contributed by atoms with van der Waals surface area (Å²) in [4.78, 5) is 13.1. The Labute approximate surface area is 141 Å². The second kappa shape index (κ2) is 8.13. The molecule has 0 saturated heterocycles. The van der Waals surface area contributed by atoms with Crippen LogP contribution in [-0.2, 0) is 5.41 Å². The second-order valence-electron chi connectivity index (χ2n) is 6.19. The molecule has 0 aliphatic carbocycles. The number of hydrogen-bond acceptors (Lipinski definition) is 3. The van der Waals surface area contributed by atoms with Crippen molar-refractivity contribution >= 4 is 17.4 Å². The zero-order chi connectivity index (χ0) is 16.7. The predicted octanol–water partition coefficient (Wildman–Crippen LogP) is 3.45. The lowest BCUT2D eigenvalue weighted by molar-refractivity contribution is 0.167. The monoisotopic (exact) mass is 332 g/mol. The SMILES string of the molecule is CC(C)(CNC(=O)NCCC(O)c1ccccc1)c1cccs1. The third kappa shape index (κ3) is 5.37. The Bertz CT molecular complexity index is 597. The number of rotatable bonds is 7. The molecule has 4 nitrogen and oxygen atoms in total. The third-order valence-electron chi connectivity index (χ3n) is 3.77. The van der Waals surface area contributed by atoms with E-state index in [2.05, 4.69) is 30.5 Å². The molecule has 2 aromatic rings. The fourth-order valence-electron chi connectivity index (χ4n) is 2.28. The summed E-state index contributed by atoms with van der Waals surface area (Å²) < 4.78 is 0. The number of carbonyl (C=O) groups excluding carboxylic acids is 1. The number of amides is 2. The predicted molar refractivity (Wildman–Crippen MR) is 94.8 cm³/mol. The lowest BCUT2D eigenvalue weighted by atomic mass is 9.91. The van der Waals surface area contributed by atoms with Gasteiger partial charge >= 0.3 is 6.03 Å². The highest BCUT2D eigenvalue weighted by molar-refractivity contribution is 7.10. The number of aliphatic hydroxyl groups excluding tert-OH is 1. The Hall–Kier alpha value is -1.85. The van der Waals surface area contributed by atoms with Crippen LogP contribution in [0.4, 0.5) is 4.79 Å². The topological polar surface area (TPSA) is 61.4 Å². The van der Waals surface area contributed by atoms with E-state index in [1.807, 2.05) is 41.8 Å². The van der Waals surface area contributed by atoms with Crippen molar-refractivity contribution in [2.75, 3.05) is 13.1 Å². The molecule has 1 aromatic carbocycles. The first-order chi connectivity index (χ1) is 11.0. The van der Waals surface area contributed by atoms with Crippen molar-refractivity contribution in [1.29, 1.82) is 0 Å². The number of aliphatic hydroxyl groups is 1. The van der Waals surface area contributed by atoms with E-state index in [0.717, 1.165) is 5.56 Å². The van der Waals surface area contributed by atoms with Gasteiger partial charge in [-0.1, -0.05) is 50.2 Å². The van der Waals surface area contributed by atoms with Crippen molar-refractivity contribution in [3.05, 3.63) is 58.3 Å². The van der Waals surface area contributed by atoms with Crippen molar-refractivity contribution in [3.8, 4) is 0 Å². The molecule has 0 bridgehead atoms. The van der Waals surface area contributed by atoms with Gasteiger partial charge in [-0.2, -0.15) is 0 Å². The Morgan fingerprint density at radius 1 is 1.17 bits per heavy atom. The standard InChI is InChI=1S/C18H24N2O2S/c1-18(2,16-9-6-12-23-16)13-20-17(22)19-11-10-15(21)14-7-4-3-5-8-14/h3-9,12,15,21H,10-11,13H2,1-2H3,(H2,19,20,22). The number of thiophene rings is 1. The number of nitrogens with one attached hydrogen (secondary N) is 2. The molecule has 0 spiro atoms. The molecule has 2 rings (SSSR count). The van der Waals surface area contributed by atoms with Gasteiger partial charge in [0.2, 0.25) is 0 Å². The summed E-state index contributed by atoms with van der Waals surface area (Å²) in [6.07, 6.45) is -0.0646. The first-order valence-corrected chi connectivity index (χ1v) is 8.66. The Balaban J connectivity index is 1.69. The average Bonchev–Trinajstić information content (AvgIpc) is 3.09. The lowest BCUT2D eigenvalue weighted by Crippen LogP contribution is -2.42. The zero-order valence-electron chi connectivity index (χ0n) is 13.6. The molecule has 0 saturated carbocycles. The molecule has 0 aliphatic rings. The summed E-state index contributed by atoms with van der Waals surface area (Å²) in [5.41, 5.74) is 0.781. The fourth-order valence-corrected chi connectivity index (χ4v) is 3.13. The Morgan fingerprint density at radius 2 is 1.91 bits per heavy atom. The molecule has 0 aliphatic heterocycles. The van der Waals surface area contributed by atoms with Gasteiger partial charge in [-0.15, -0.1) is 11.3 Å². The first kappa shape index (κ1) is 17.5. The molecule has 2 amide bonds. The van der Waals surface area contributed by atoms with E-state index in [9.17, 15) is 9.90 Å². The average molecular weight is 332 g/mol. The van der Waals surface area contributed by atoms with Crippen LogP contribution < -0.4 is 10.6 Å². The molecule has 23 heavy (non-hydrogen) atoms. The van der Waals surface area contributed by atoms with Crippen LogP contribution >= 0.6 is 11.3 Å². The molecular weight excluding hydrogens is 308 g/mol. The van der Waals surface area contributed by atoms with Crippen molar-refractivity contribution in [1.82, 2.24) is 10.6 Å². The molecule has 3 N–H and O–H groups in total. The van der Waals surface area contributed by atoms with E-state index in [1.165, 1.54) is 4.88 Å². The van der Waals surface area contributed by atoms with E-state index < -0.39 is 6.10 Å². The quantitative estimate of drug-likeness (QED) is 0.727. The Kier molecular flexibility index (Phi) is 6.19. The van der Waals surface area contributed by atoms with Crippen LogP contribution in [0, 0.1) is 0 Å². The van der Waals surface area contributed by atoms with E-state index >= 15 is 0 Å². The van der Waals surface area contributed by atoms with Crippen molar-refractivity contribution in [2.24, 2.45) is 0 Å². The van der Waals surface area contributed by atoms with E-state index in [4.69, 9.17) is 0 Å². The molecule has 0 radical (unpaired) electrons. The molecule has 0 fully saturated rings. The molecular formula is C18H24N2O2S. The van der Waals surface area contributed by atoms with Crippen LogP contribution in [-0.4, -0.2) is 24.2 Å². The maximum absolute atomic E-state index is 11.9. The maximum atomic E-state index is 11.9. The van der Waals surface area contributed by atoms with E-state index in [1.54, 1.807) is 11.3 Å². The van der Waals surface area contributed by atoms with Crippen LogP contribution in [0.3, 0.4) is 0 Å². The number of carbonyl (C=O) groups is 1. The normalized spacial score (nSPS) is 12.7. The number of hydrogen-bond donors (Lipinski definition) is 3. The van der Waals surface area contributed by atoms with Gasteiger partial charge in [0, 0.05) is 23.4 Å². The van der Waals surface area contributed by atoms with Gasteiger partial charge in [0.15, 0.2) is 0 Å².